The average molecular weight is 258 g/mol. The topological polar surface area (TPSA) is 38.8 Å². The minimum Gasteiger partial charge on any atom is -0.497 e. The molecule has 1 amide bonds. The smallest absolute Gasteiger partial charge is 0.244 e. The van der Waals surface area contributed by atoms with Gasteiger partial charge in [-0.25, -0.2) is 0 Å². The summed E-state index contributed by atoms with van der Waals surface area (Å²) in [7, 11) is 6.41. The van der Waals surface area contributed by atoms with Crippen LogP contribution in [0.25, 0.3) is 0 Å². The number of carbonyl (C=O) groups is 1. The van der Waals surface area contributed by atoms with E-state index in [0.29, 0.717) is 17.1 Å². The number of carbonyl (C=O) groups excluding carboxylic acids is 1. The van der Waals surface area contributed by atoms with Gasteiger partial charge < -0.3 is 14.4 Å². The lowest BCUT2D eigenvalue weighted by Crippen LogP contribution is -2.25. The normalized spacial score (nSPS) is 11.8. The van der Waals surface area contributed by atoms with Gasteiger partial charge in [-0.2, -0.15) is 0 Å². The second-order valence-corrected chi connectivity index (χ2v) is 4.14. The van der Waals surface area contributed by atoms with Gasteiger partial charge in [0.1, 0.15) is 16.9 Å². The Labute approximate surface area is 106 Å². The van der Waals surface area contributed by atoms with E-state index < -0.39 is 5.38 Å². The molecule has 0 spiro atoms. The fourth-order valence-corrected chi connectivity index (χ4v) is 1.76. The van der Waals surface area contributed by atoms with Gasteiger partial charge in [0.2, 0.25) is 5.91 Å². The summed E-state index contributed by atoms with van der Waals surface area (Å²) in [6.07, 6.45) is 0. The van der Waals surface area contributed by atoms with E-state index in [-0.39, 0.29) is 5.91 Å². The first kappa shape index (κ1) is 13.6. The number of hydrogen-bond donors (Lipinski definition) is 0. The molecule has 0 heterocycles. The van der Waals surface area contributed by atoms with Crippen LogP contribution in [0.3, 0.4) is 0 Å². The quantitative estimate of drug-likeness (QED) is 0.775. The zero-order valence-corrected chi connectivity index (χ0v) is 11.1. The van der Waals surface area contributed by atoms with Gasteiger partial charge in [-0.15, -0.1) is 11.6 Å². The summed E-state index contributed by atoms with van der Waals surface area (Å²) < 4.78 is 10.3. The van der Waals surface area contributed by atoms with Crippen LogP contribution in [0.15, 0.2) is 18.2 Å². The predicted molar refractivity (Wildman–Crippen MR) is 66.8 cm³/mol. The van der Waals surface area contributed by atoms with Gasteiger partial charge >= 0.3 is 0 Å². The van der Waals surface area contributed by atoms with Crippen molar-refractivity contribution in [3.63, 3.8) is 0 Å². The highest BCUT2D eigenvalue weighted by atomic mass is 35.5. The zero-order chi connectivity index (χ0) is 13.0. The highest BCUT2D eigenvalue weighted by molar-refractivity contribution is 6.31. The molecule has 1 atom stereocenters. The van der Waals surface area contributed by atoms with Crippen molar-refractivity contribution >= 4 is 17.5 Å². The second-order valence-electron chi connectivity index (χ2n) is 3.70. The lowest BCUT2D eigenvalue weighted by molar-refractivity contribution is -0.128. The molecule has 1 aromatic rings. The molecule has 0 aliphatic heterocycles. The van der Waals surface area contributed by atoms with E-state index in [1.54, 1.807) is 39.4 Å². The number of halogens is 1. The Balaban J connectivity index is 3.13. The first-order valence-electron chi connectivity index (χ1n) is 5.08. The van der Waals surface area contributed by atoms with Crippen molar-refractivity contribution in [2.75, 3.05) is 28.3 Å². The van der Waals surface area contributed by atoms with E-state index in [0.717, 1.165) is 0 Å². The molecule has 0 saturated heterocycles. The molecule has 0 N–H and O–H groups in total. The van der Waals surface area contributed by atoms with Crippen molar-refractivity contribution < 1.29 is 14.3 Å². The summed E-state index contributed by atoms with van der Waals surface area (Å²) >= 11 is 6.14. The van der Waals surface area contributed by atoms with Crippen LogP contribution >= 0.6 is 11.6 Å². The molecule has 94 valence electrons. The summed E-state index contributed by atoms with van der Waals surface area (Å²) in [5.41, 5.74) is 0.604. The molecule has 1 unspecified atom stereocenters. The maximum absolute atomic E-state index is 11.8. The average Bonchev–Trinajstić information content (AvgIpc) is 2.35. The fourth-order valence-electron chi connectivity index (χ4n) is 1.40. The molecular weight excluding hydrogens is 242 g/mol. The highest BCUT2D eigenvalue weighted by Crippen LogP contribution is 2.33. The molecule has 0 fully saturated rings. The van der Waals surface area contributed by atoms with Gasteiger partial charge in [0.15, 0.2) is 0 Å². The molecule has 0 radical (unpaired) electrons. The number of ether oxygens (including phenoxy) is 2. The van der Waals surface area contributed by atoms with Gasteiger partial charge in [-0.05, 0) is 18.2 Å². The second kappa shape index (κ2) is 5.77. The Hall–Kier alpha value is -1.42. The van der Waals surface area contributed by atoms with Crippen LogP contribution in [-0.4, -0.2) is 39.1 Å². The van der Waals surface area contributed by atoms with Gasteiger partial charge in [-0.1, -0.05) is 0 Å². The van der Waals surface area contributed by atoms with Crippen molar-refractivity contribution in [1.29, 1.82) is 0 Å². The predicted octanol–water partition coefficient (Wildman–Crippen LogP) is 2.07. The summed E-state index contributed by atoms with van der Waals surface area (Å²) in [5, 5.41) is -0.782. The summed E-state index contributed by atoms with van der Waals surface area (Å²) in [4.78, 5) is 13.2. The molecule has 4 nitrogen and oxygen atoms in total. The van der Waals surface area contributed by atoms with Crippen LogP contribution in [0.4, 0.5) is 0 Å². The van der Waals surface area contributed by atoms with Crippen LogP contribution in [0, 0.1) is 0 Å². The molecule has 0 bridgehead atoms. The van der Waals surface area contributed by atoms with Crippen LogP contribution in [-0.2, 0) is 4.79 Å². The molecule has 17 heavy (non-hydrogen) atoms. The van der Waals surface area contributed by atoms with Crippen molar-refractivity contribution in [2.24, 2.45) is 0 Å². The molecular formula is C12H16ClNO3. The largest absolute Gasteiger partial charge is 0.497 e. The van der Waals surface area contributed by atoms with E-state index in [4.69, 9.17) is 21.1 Å². The maximum atomic E-state index is 11.8. The molecule has 1 aromatic carbocycles. The van der Waals surface area contributed by atoms with Crippen molar-refractivity contribution in [2.45, 2.75) is 5.38 Å². The number of alkyl halides is 1. The Kier molecular flexibility index (Phi) is 4.63. The summed E-state index contributed by atoms with van der Waals surface area (Å²) in [5.74, 6) is 1.01. The molecule has 5 heteroatoms. The number of nitrogens with zero attached hydrogens (tertiary/aromatic N) is 1. The third-order valence-electron chi connectivity index (χ3n) is 2.37. The van der Waals surface area contributed by atoms with E-state index in [1.165, 1.54) is 12.0 Å². The fraction of sp³-hybridized carbons (Fsp3) is 0.417. The summed E-state index contributed by atoms with van der Waals surface area (Å²) in [6.45, 7) is 0. The van der Waals surface area contributed by atoms with Gasteiger partial charge in [0.05, 0.1) is 14.2 Å². The first-order chi connectivity index (χ1) is 8.01. The lowest BCUT2D eigenvalue weighted by atomic mass is 10.1. The Morgan fingerprint density at radius 3 is 2.41 bits per heavy atom. The molecule has 1 rings (SSSR count). The van der Waals surface area contributed by atoms with Gasteiger partial charge in [0, 0.05) is 19.7 Å². The van der Waals surface area contributed by atoms with Crippen LogP contribution in [0.2, 0.25) is 0 Å². The number of methoxy groups -OCH3 is 2. The van der Waals surface area contributed by atoms with Crippen LogP contribution < -0.4 is 9.47 Å². The Bertz CT molecular complexity index is 407. The maximum Gasteiger partial charge on any atom is 0.244 e. The third kappa shape index (κ3) is 3.03. The number of benzene rings is 1. The van der Waals surface area contributed by atoms with E-state index in [9.17, 15) is 4.79 Å². The van der Waals surface area contributed by atoms with E-state index in [1.807, 2.05) is 0 Å². The molecule has 0 aliphatic rings. The third-order valence-corrected chi connectivity index (χ3v) is 2.79. The number of likely N-dealkylation sites (N-methyl/N-ethyl adjacent to an activating group) is 1. The standard InChI is InChI=1S/C12H16ClNO3/c1-14(2)12(15)11(13)9-7-8(16-3)5-6-10(9)17-4/h5-7,11H,1-4H3. The van der Waals surface area contributed by atoms with Crippen molar-refractivity contribution in [3.8, 4) is 11.5 Å². The number of amides is 1. The molecule has 0 aromatic heterocycles. The Morgan fingerprint density at radius 1 is 1.29 bits per heavy atom. The van der Waals surface area contributed by atoms with Crippen LogP contribution in [0.5, 0.6) is 11.5 Å². The minimum atomic E-state index is -0.782. The number of rotatable bonds is 4. The van der Waals surface area contributed by atoms with E-state index >= 15 is 0 Å². The Morgan fingerprint density at radius 2 is 1.94 bits per heavy atom. The SMILES string of the molecule is COc1ccc(OC)c(C(Cl)C(=O)N(C)C)c1. The monoisotopic (exact) mass is 257 g/mol. The van der Waals surface area contributed by atoms with E-state index in [2.05, 4.69) is 0 Å². The summed E-state index contributed by atoms with van der Waals surface area (Å²) in [6, 6.07) is 5.19. The molecule has 0 aliphatic carbocycles. The van der Waals surface area contributed by atoms with Gasteiger partial charge in [0.25, 0.3) is 0 Å². The minimum absolute atomic E-state index is 0.196. The van der Waals surface area contributed by atoms with Crippen molar-refractivity contribution in [1.82, 2.24) is 4.90 Å². The highest BCUT2D eigenvalue weighted by Gasteiger charge is 2.23. The van der Waals surface area contributed by atoms with Gasteiger partial charge in [-0.3, -0.25) is 4.79 Å². The first-order valence-corrected chi connectivity index (χ1v) is 5.52. The number of hydrogen-bond acceptors (Lipinski definition) is 3. The van der Waals surface area contributed by atoms with Crippen molar-refractivity contribution in [3.05, 3.63) is 23.8 Å². The lowest BCUT2D eigenvalue weighted by Gasteiger charge is -2.18. The van der Waals surface area contributed by atoms with Crippen LogP contribution in [0.1, 0.15) is 10.9 Å². The molecule has 0 saturated carbocycles. The zero-order valence-electron chi connectivity index (χ0n) is 10.4.